The summed E-state index contributed by atoms with van der Waals surface area (Å²) in [6.45, 7) is 6.28. The van der Waals surface area contributed by atoms with Crippen LogP contribution >= 0.6 is 0 Å². The van der Waals surface area contributed by atoms with Crippen LogP contribution in [0.4, 0.5) is 0 Å². The molecule has 4 N–H and O–H groups in total. The second-order valence-corrected chi connectivity index (χ2v) is 12.4. The van der Waals surface area contributed by atoms with Crippen LogP contribution in [-0.4, -0.2) is 57.9 Å². The number of nitrogens with one attached hydrogen (secondary N) is 1. The molecule has 0 aromatic heterocycles. The van der Waals surface area contributed by atoms with E-state index < -0.39 is 23.6 Å². The summed E-state index contributed by atoms with van der Waals surface area (Å²) >= 11 is 0. The molecule has 1 saturated heterocycles. The molecule has 6 fully saturated rings. The topological polar surface area (TPSA) is 105 Å². The van der Waals surface area contributed by atoms with Crippen LogP contribution in [0.5, 0.6) is 0 Å². The highest BCUT2D eigenvalue weighted by atomic mass is 16.5. The second-order valence-electron chi connectivity index (χ2n) is 12.4. The lowest BCUT2D eigenvalue weighted by Gasteiger charge is -2.53. The number of piperidine rings is 1. The van der Waals surface area contributed by atoms with Crippen LogP contribution in [0.2, 0.25) is 0 Å². The highest BCUT2D eigenvalue weighted by molar-refractivity contribution is 5.91. The van der Waals surface area contributed by atoms with E-state index in [-0.39, 0.29) is 29.7 Å². The van der Waals surface area contributed by atoms with Crippen LogP contribution in [0.15, 0.2) is 0 Å². The Morgan fingerprint density at radius 2 is 1.94 bits per heavy atom. The Bertz CT molecular complexity index is 766. The zero-order chi connectivity index (χ0) is 22.2. The van der Waals surface area contributed by atoms with E-state index >= 15 is 0 Å². The molecule has 0 aromatic carbocycles. The first-order chi connectivity index (χ1) is 14.5. The Hall–Kier alpha value is -1.18. The summed E-state index contributed by atoms with van der Waals surface area (Å²) in [7, 11) is 0. The third-order valence-corrected chi connectivity index (χ3v) is 8.77. The summed E-state index contributed by atoms with van der Waals surface area (Å²) in [6, 6.07) is -0.805. The molecule has 31 heavy (non-hydrogen) atoms. The van der Waals surface area contributed by atoms with Crippen molar-refractivity contribution >= 4 is 11.8 Å². The van der Waals surface area contributed by atoms with Gasteiger partial charge in [-0.2, -0.15) is 0 Å². The number of fused-ring (bicyclic) bond motifs is 2. The van der Waals surface area contributed by atoms with E-state index in [4.69, 9.17) is 10.5 Å². The van der Waals surface area contributed by atoms with Crippen LogP contribution in [0, 0.1) is 23.2 Å². The van der Waals surface area contributed by atoms with Gasteiger partial charge in [0.15, 0.2) is 0 Å². The first-order valence-corrected chi connectivity index (χ1v) is 12.2. The first-order valence-electron chi connectivity index (χ1n) is 12.2. The monoisotopic (exact) mass is 433 g/mol. The molecule has 8 atom stereocenters. The van der Waals surface area contributed by atoms with E-state index in [1.807, 2.05) is 20.8 Å². The van der Waals surface area contributed by atoms with Gasteiger partial charge in [0, 0.05) is 6.04 Å². The summed E-state index contributed by atoms with van der Waals surface area (Å²) in [5, 5.41) is 14.9. The van der Waals surface area contributed by atoms with Crippen LogP contribution in [0.3, 0.4) is 0 Å². The van der Waals surface area contributed by atoms with Crippen LogP contribution < -0.4 is 11.1 Å². The molecule has 6 rings (SSSR count). The minimum Gasteiger partial charge on any atom is -0.390 e. The number of carbonyl (C=O) groups is 2. The number of hydrogen-bond acceptors (Lipinski definition) is 5. The predicted molar refractivity (Wildman–Crippen MR) is 116 cm³/mol. The molecule has 2 amide bonds. The number of nitrogens with zero attached hydrogens (tertiary/aromatic N) is 1. The highest BCUT2D eigenvalue weighted by Crippen LogP contribution is 2.60. The van der Waals surface area contributed by atoms with Crippen LogP contribution in [0.1, 0.15) is 78.6 Å². The average Bonchev–Trinajstić information content (AvgIpc) is 3.34. The number of ether oxygens (including phenoxy) is 1. The number of nitrogens with two attached hydrogens (primary N) is 1. The molecule has 5 aliphatic carbocycles. The fraction of sp³-hybridized carbons (Fsp3) is 0.917. The molecule has 174 valence electrons. The van der Waals surface area contributed by atoms with E-state index in [0.717, 1.165) is 38.5 Å². The van der Waals surface area contributed by atoms with Crippen molar-refractivity contribution in [2.24, 2.45) is 28.9 Å². The van der Waals surface area contributed by atoms with Gasteiger partial charge in [0.1, 0.15) is 6.04 Å². The molecule has 8 unspecified atom stereocenters. The van der Waals surface area contributed by atoms with Crippen molar-refractivity contribution in [3.63, 3.8) is 0 Å². The molecule has 0 aromatic rings. The molecule has 0 spiro atoms. The summed E-state index contributed by atoms with van der Waals surface area (Å²) < 4.78 is 5.97. The van der Waals surface area contributed by atoms with E-state index in [2.05, 4.69) is 5.32 Å². The molecular weight excluding hydrogens is 394 g/mol. The van der Waals surface area contributed by atoms with E-state index in [1.165, 1.54) is 6.42 Å². The Labute approximate surface area is 185 Å². The van der Waals surface area contributed by atoms with Crippen molar-refractivity contribution in [2.45, 2.75) is 108 Å². The molecule has 7 nitrogen and oxygen atoms in total. The highest BCUT2D eigenvalue weighted by Gasteiger charge is 2.62. The van der Waals surface area contributed by atoms with Gasteiger partial charge in [-0.15, -0.1) is 0 Å². The zero-order valence-electron chi connectivity index (χ0n) is 19.2. The fourth-order valence-corrected chi connectivity index (χ4v) is 7.75. The molecule has 4 bridgehead atoms. The molecule has 7 heteroatoms. The van der Waals surface area contributed by atoms with Gasteiger partial charge in [-0.05, 0) is 102 Å². The molecule has 6 aliphatic rings. The van der Waals surface area contributed by atoms with Crippen LogP contribution in [-0.2, 0) is 14.3 Å². The van der Waals surface area contributed by atoms with Crippen molar-refractivity contribution in [3.05, 3.63) is 0 Å². The van der Waals surface area contributed by atoms with Crippen LogP contribution in [0.25, 0.3) is 0 Å². The normalized spacial score (nSPS) is 44.1. The standard InChI is InChI=1S/C24H39N3O4/c1-22(2,3)31-13-26-19(21(29)27-17-7-16(17)8-18(27)20(25)28)23-5-4-14-6-15(9-23)11-24(30,10-14)12-23/h14-19,26,30H,4-13H2,1-3H3,(H2,25,28). The molecule has 0 radical (unpaired) electrons. The first kappa shape index (κ1) is 21.7. The SMILES string of the molecule is CC(C)(C)OCNC(C(=O)N1C(C(N)=O)CC2CC21)C12CCC3CC(CC(O)(C3)C1)C2. The Balaban J connectivity index is 1.46. The van der Waals surface area contributed by atoms with Gasteiger partial charge >= 0.3 is 0 Å². The number of amides is 2. The van der Waals surface area contributed by atoms with Gasteiger partial charge < -0.3 is 20.5 Å². The van der Waals surface area contributed by atoms with Gasteiger partial charge in [-0.3, -0.25) is 14.9 Å². The maximum absolute atomic E-state index is 14.1. The zero-order valence-corrected chi connectivity index (χ0v) is 19.2. The lowest BCUT2D eigenvalue weighted by Crippen LogP contribution is -2.62. The van der Waals surface area contributed by atoms with Crippen molar-refractivity contribution in [2.75, 3.05) is 6.73 Å². The Morgan fingerprint density at radius 3 is 2.61 bits per heavy atom. The Kier molecular flexibility index (Phi) is 5.00. The minimum atomic E-state index is -0.663. The van der Waals surface area contributed by atoms with E-state index in [9.17, 15) is 14.7 Å². The van der Waals surface area contributed by atoms with Gasteiger partial charge in [0.25, 0.3) is 0 Å². The summed E-state index contributed by atoms with van der Waals surface area (Å²) in [6.07, 6.45) is 8.20. The fourth-order valence-electron chi connectivity index (χ4n) is 7.75. The smallest absolute Gasteiger partial charge is 0.241 e. The lowest BCUT2D eigenvalue weighted by molar-refractivity contribution is -0.152. The number of hydrogen-bond donors (Lipinski definition) is 3. The average molecular weight is 434 g/mol. The molecule has 1 aliphatic heterocycles. The van der Waals surface area contributed by atoms with Gasteiger partial charge in [-0.1, -0.05) is 0 Å². The molecular formula is C24H39N3O4. The summed E-state index contributed by atoms with van der Waals surface area (Å²) in [4.78, 5) is 28.1. The van der Waals surface area contributed by atoms with Crippen molar-refractivity contribution in [3.8, 4) is 0 Å². The van der Waals surface area contributed by atoms with E-state index in [1.54, 1.807) is 4.90 Å². The van der Waals surface area contributed by atoms with E-state index in [0.29, 0.717) is 30.6 Å². The number of primary amides is 1. The maximum atomic E-state index is 14.1. The van der Waals surface area contributed by atoms with Gasteiger partial charge in [0.2, 0.25) is 11.8 Å². The van der Waals surface area contributed by atoms with Gasteiger partial charge in [-0.25, -0.2) is 0 Å². The van der Waals surface area contributed by atoms with Crippen molar-refractivity contribution in [1.82, 2.24) is 10.2 Å². The number of likely N-dealkylation sites (tertiary alicyclic amines) is 1. The summed E-state index contributed by atoms with van der Waals surface area (Å²) in [5.41, 5.74) is 4.42. The number of aliphatic hydroxyl groups is 1. The minimum absolute atomic E-state index is 0.00495. The third kappa shape index (κ3) is 3.91. The third-order valence-electron chi connectivity index (χ3n) is 8.77. The number of carbonyl (C=O) groups excluding carboxylic acids is 2. The predicted octanol–water partition coefficient (Wildman–Crippen LogP) is 1.91. The second kappa shape index (κ2) is 7.16. The lowest BCUT2D eigenvalue weighted by atomic mass is 9.57. The summed E-state index contributed by atoms with van der Waals surface area (Å²) in [5.74, 6) is 1.05. The van der Waals surface area contributed by atoms with Gasteiger partial charge in [0.05, 0.1) is 24.0 Å². The van der Waals surface area contributed by atoms with Crippen molar-refractivity contribution < 1.29 is 19.4 Å². The molecule has 1 heterocycles. The van der Waals surface area contributed by atoms with Crippen molar-refractivity contribution in [1.29, 1.82) is 0 Å². The quantitative estimate of drug-likeness (QED) is 0.555. The Morgan fingerprint density at radius 1 is 1.19 bits per heavy atom. The largest absolute Gasteiger partial charge is 0.390 e. The molecule has 5 saturated carbocycles. The maximum Gasteiger partial charge on any atom is 0.241 e. The number of rotatable bonds is 6.